The SMILES string of the molecule is COc1cccc(C(O)CNCCn2ccnn2)c1. The summed E-state index contributed by atoms with van der Waals surface area (Å²) >= 11 is 0. The summed E-state index contributed by atoms with van der Waals surface area (Å²) in [5.41, 5.74) is 0.840. The predicted octanol–water partition coefficient (Wildman–Crippen LogP) is 0.610. The zero-order chi connectivity index (χ0) is 13.5. The lowest BCUT2D eigenvalue weighted by Crippen LogP contribution is -2.25. The minimum atomic E-state index is -0.550. The van der Waals surface area contributed by atoms with Crippen molar-refractivity contribution < 1.29 is 9.84 Å². The van der Waals surface area contributed by atoms with Crippen molar-refractivity contribution in [3.05, 3.63) is 42.2 Å². The lowest BCUT2D eigenvalue weighted by molar-refractivity contribution is 0.174. The van der Waals surface area contributed by atoms with Crippen molar-refractivity contribution in [1.29, 1.82) is 0 Å². The van der Waals surface area contributed by atoms with E-state index in [1.165, 1.54) is 0 Å². The first-order valence-electron chi connectivity index (χ1n) is 6.16. The first-order valence-corrected chi connectivity index (χ1v) is 6.16. The van der Waals surface area contributed by atoms with Gasteiger partial charge in [-0.15, -0.1) is 5.10 Å². The molecule has 6 heteroatoms. The molecule has 0 bridgehead atoms. The number of nitrogens with one attached hydrogen (secondary N) is 1. The summed E-state index contributed by atoms with van der Waals surface area (Å²) in [7, 11) is 1.61. The monoisotopic (exact) mass is 262 g/mol. The van der Waals surface area contributed by atoms with Gasteiger partial charge in [-0.05, 0) is 17.7 Å². The Hall–Kier alpha value is -1.92. The Morgan fingerprint density at radius 3 is 3.11 bits per heavy atom. The quantitative estimate of drug-likeness (QED) is 0.715. The Morgan fingerprint density at radius 1 is 1.47 bits per heavy atom. The lowest BCUT2D eigenvalue weighted by atomic mass is 10.1. The van der Waals surface area contributed by atoms with Gasteiger partial charge in [-0.1, -0.05) is 17.3 Å². The number of methoxy groups -OCH3 is 1. The van der Waals surface area contributed by atoms with Gasteiger partial charge in [0.25, 0.3) is 0 Å². The number of rotatable bonds is 7. The van der Waals surface area contributed by atoms with Gasteiger partial charge in [0.05, 0.1) is 26.0 Å². The van der Waals surface area contributed by atoms with E-state index in [9.17, 15) is 5.11 Å². The van der Waals surface area contributed by atoms with E-state index in [4.69, 9.17) is 4.74 Å². The standard InChI is InChI=1S/C13H18N4O2/c1-19-12-4-2-3-11(9-12)13(18)10-14-5-7-17-8-6-15-16-17/h2-4,6,8-9,13-14,18H,5,7,10H2,1H3. The van der Waals surface area contributed by atoms with Crippen molar-refractivity contribution in [2.75, 3.05) is 20.2 Å². The van der Waals surface area contributed by atoms with Gasteiger partial charge in [0.2, 0.25) is 0 Å². The van der Waals surface area contributed by atoms with Crippen molar-refractivity contribution >= 4 is 0 Å². The molecule has 1 heterocycles. The highest BCUT2D eigenvalue weighted by molar-refractivity contribution is 5.29. The molecule has 1 unspecified atom stereocenters. The summed E-state index contributed by atoms with van der Waals surface area (Å²) in [4.78, 5) is 0. The zero-order valence-corrected chi connectivity index (χ0v) is 10.9. The van der Waals surface area contributed by atoms with Gasteiger partial charge in [0.15, 0.2) is 0 Å². The molecule has 2 N–H and O–H groups in total. The molecule has 0 saturated heterocycles. The summed E-state index contributed by atoms with van der Waals surface area (Å²) in [5.74, 6) is 0.749. The van der Waals surface area contributed by atoms with Crippen LogP contribution in [0.2, 0.25) is 0 Å². The maximum absolute atomic E-state index is 10.0. The fraction of sp³-hybridized carbons (Fsp3) is 0.385. The van der Waals surface area contributed by atoms with E-state index >= 15 is 0 Å². The molecule has 0 fully saturated rings. The Bertz CT molecular complexity index is 487. The molecule has 0 aliphatic heterocycles. The first-order chi connectivity index (χ1) is 9.29. The number of nitrogens with zero attached hydrogens (tertiary/aromatic N) is 3. The summed E-state index contributed by atoms with van der Waals surface area (Å²) in [6.45, 7) is 1.94. The Labute approximate surface area is 112 Å². The molecule has 6 nitrogen and oxygen atoms in total. The van der Waals surface area contributed by atoms with Crippen molar-refractivity contribution in [3.63, 3.8) is 0 Å². The molecular formula is C13H18N4O2. The normalized spacial score (nSPS) is 12.3. The van der Waals surface area contributed by atoms with Gasteiger partial charge in [0, 0.05) is 19.3 Å². The minimum absolute atomic E-state index is 0.488. The molecule has 0 amide bonds. The van der Waals surface area contributed by atoms with Crippen molar-refractivity contribution in [3.8, 4) is 5.75 Å². The van der Waals surface area contributed by atoms with Crippen LogP contribution in [0.5, 0.6) is 5.75 Å². The molecule has 1 aromatic heterocycles. The second-order valence-corrected chi connectivity index (χ2v) is 4.16. The van der Waals surface area contributed by atoms with Crippen LogP contribution >= 0.6 is 0 Å². The molecule has 0 radical (unpaired) electrons. The number of ether oxygens (including phenoxy) is 1. The summed E-state index contributed by atoms with van der Waals surface area (Å²) in [6.07, 6.45) is 2.90. The summed E-state index contributed by atoms with van der Waals surface area (Å²) < 4.78 is 6.87. The number of hydrogen-bond acceptors (Lipinski definition) is 5. The van der Waals surface area contributed by atoms with Gasteiger partial charge in [-0.2, -0.15) is 0 Å². The van der Waals surface area contributed by atoms with Gasteiger partial charge in [-0.25, -0.2) is 0 Å². The molecule has 0 saturated carbocycles. The van der Waals surface area contributed by atoms with Crippen molar-refractivity contribution in [2.24, 2.45) is 0 Å². The van der Waals surface area contributed by atoms with E-state index in [0.29, 0.717) is 6.54 Å². The van der Waals surface area contributed by atoms with Crippen LogP contribution in [0, 0.1) is 0 Å². The molecule has 19 heavy (non-hydrogen) atoms. The third kappa shape index (κ3) is 4.04. The van der Waals surface area contributed by atoms with E-state index in [1.807, 2.05) is 24.3 Å². The number of hydrogen-bond donors (Lipinski definition) is 2. The topological polar surface area (TPSA) is 72.2 Å². The lowest BCUT2D eigenvalue weighted by Gasteiger charge is -2.13. The molecule has 2 rings (SSSR count). The Kier molecular flexibility index (Phi) is 4.88. The van der Waals surface area contributed by atoms with Crippen LogP contribution in [-0.2, 0) is 6.54 Å². The molecule has 0 aliphatic carbocycles. The fourth-order valence-corrected chi connectivity index (χ4v) is 1.75. The van der Waals surface area contributed by atoms with Crippen LogP contribution in [0.15, 0.2) is 36.7 Å². The highest BCUT2D eigenvalue weighted by atomic mass is 16.5. The van der Waals surface area contributed by atoms with E-state index in [-0.39, 0.29) is 0 Å². The summed E-state index contributed by atoms with van der Waals surface area (Å²) in [5, 5.41) is 20.8. The molecule has 2 aromatic rings. The fourth-order valence-electron chi connectivity index (χ4n) is 1.75. The average Bonchev–Trinajstić information content (AvgIpc) is 2.96. The van der Waals surface area contributed by atoms with Crippen LogP contribution in [0.25, 0.3) is 0 Å². The van der Waals surface area contributed by atoms with Crippen molar-refractivity contribution in [1.82, 2.24) is 20.3 Å². The number of aromatic nitrogens is 3. The third-order valence-electron chi connectivity index (χ3n) is 2.81. The van der Waals surface area contributed by atoms with Crippen LogP contribution < -0.4 is 10.1 Å². The van der Waals surface area contributed by atoms with Gasteiger partial charge >= 0.3 is 0 Å². The van der Waals surface area contributed by atoms with Crippen LogP contribution in [0.1, 0.15) is 11.7 Å². The Morgan fingerprint density at radius 2 is 2.37 bits per heavy atom. The average molecular weight is 262 g/mol. The van der Waals surface area contributed by atoms with E-state index in [0.717, 1.165) is 24.4 Å². The minimum Gasteiger partial charge on any atom is -0.497 e. The number of aliphatic hydroxyl groups excluding tert-OH is 1. The largest absolute Gasteiger partial charge is 0.497 e. The predicted molar refractivity (Wildman–Crippen MR) is 70.8 cm³/mol. The molecule has 0 aliphatic rings. The maximum Gasteiger partial charge on any atom is 0.119 e. The van der Waals surface area contributed by atoms with E-state index in [1.54, 1.807) is 24.2 Å². The molecule has 0 spiro atoms. The second kappa shape index (κ2) is 6.86. The van der Waals surface area contributed by atoms with E-state index in [2.05, 4.69) is 15.6 Å². The first kappa shape index (κ1) is 13.5. The second-order valence-electron chi connectivity index (χ2n) is 4.16. The number of benzene rings is 1. The molecular weight excluding hydrogens is 244 g/mol. The van der Waals surface area contributed by atoms with Gasteiger partial charge in [-0.3, -0.25) is 4.68 Å². The molecule has 1 atom stereocenters. The van der Waals surface area contributed by atoms with Gasteiger partial charge < -0.3 is 15.2 Å². The van der Waals surface area contributed by atoms with E-state index < -0.39 is 6.10 Å². The highest BCUT2D eigenvalue weighted by Gasteiger charge is 2.07. The van der Waals surface area contributed by atoms with Crippen LogP contribution in [0.4, 0.5) is 0 Å². The molecule has 102 valence electrons. The van der Waals surface area contributed by atoms with Crippen molar-refractivity contribution in [2.45, 2.75) is 12.6 Å². The molecule has 1 aromatic carbocycles. The third-order valence-corrected chi connectivity index (χ3v) is 2.81. The zero-order valence-electron chi connectivity index (χ0n) is 10.9. The Balaban J connectivity index is 1.75. The smallest absolute Gasteiger partial charge is 0.119 e. The maximum atomic E-state index is 10.0. The summed E-state index contributed by atoms with van der Waals surface area (Å²) in [6, 6.07) is 7.44. The van der Waals surface area contributed by atoms with Crippen LogP contribution in [0.3, 0.4) is 0 Å². The number of aliphatic hydroxyl groups is 1. The highest BCUT2D eigenvalue weighted by Crippen LogP contribution is 2.18. The van der Waals surface area contributed by atoms with Crippen LogP contribution in [-0.4, -0.2) is 40.3 Å². The van der Waals surface area contributed by atoms with Gasteiger partial charge in [0.1, 0.15) is 5.75 Å².